The molecular formula is C13H17ClN2O2. The second-order valence-corrected chi connectivity index (χ2v) is 5.00. The molecule has 0 aromatic heterocycles. The number of urea groups is 1. The summed E-state index contributed by atoms with van der Waals surface area (Å²) in [6.45, 7) is 2.62. The SMILES string of the molecule is Cc1ccc(Cl)cc1NC(=O)N1CCC[C@H]1CO. The van der Waals surface area contributed by atoms with Gasteiger partial charge in [-0.15, -0.1) is 0 Å². The Balaban J connectivity index is 2.09. The number of nitrogens with zero attached hydrogens (tertiary/aromatic N) is 1. The maximum absolute atomic E-state index is 12.1. The maximum Gasteiger partial charge on any atom is 0.322 e. The minimum atomic E-state index is -0.170. The number of aliphatic hydroxyl groups excluding tert-OH is 1. The summed E-state index contributed by atoms with van der Waals surface area (Å²) in [5, 5.41) is 12.6. The monoisotopic (exact) mass is 268 g/mol. The van der Waals surface area contributed by atoms with Gasteiger partial charge in [0.25, 0.3) is 0 Å². The van der Waals surface area contributed by atoms with Crippen LogP contribution in [-0.4, -0.2) is 35.2 Å². The molecule has 1 atom stereocenters. The Kier molecular flexibility index (Phi) is 4.09. The summed E-state index contributed by atoms with van der Waals surface area (Å²) >= 11 is 5.91. The number of hydrogen-bond acceptors (Lipinski definition) is 2. The largest absolute Gasteiger partial charge is 0.394 e. The molecule has 4 nitrogen and oxygen atoms in total. The van der Waals surface area contributed by atoms with Crippen molar-refractivity contribution >= 4 is 23.3 Å². The van der Waals surface area contributed by atoms with Gasteiger partial charge in [0.05, 0.1) is 12.6 Å². The van der Waals surface area contributed by atoms with Gasteiger partial charge in [-0.3, -0.25) is 0 Å². The fourth-order valence-electron chi connectivity index (χ4n) is 2.21. The van der Waals surface area contributed by atoms with E-state index in [0.717, 1.165) is 24.1 Å². The first-order valence-corrected chi connectivity index (χ1v) is 6.44. The average molecular weight is 269 g/mol. The number of amides is 2. The van der Waals surface area contributed by atoms with Crippen molar-refractivity contribution in [1.29, 1.82) is 0 Å². The van der Waals surface area contributed by atoms with E-state index < -0.39 is 0 Å². The van der Waals surface area contributed by atoms with Gasteiger partial charge in [0.1, 0.15) is 0 Å². The molecule has 98 valence electrons. The Labute approximate surface area is 112 Å². The Bertz CT molecular complexity index is 451. The quantitative estimate of drug-likeness (QED) is 0.866. The highest BCUT2D eigenvalue weighted by molar-refractivity contribution is 6.31. The molecule has 1 aliphatic heterocycles. The van der Waals surface area contributed by atoms with Crippen molar-refractivity contribution in [2.24, 2.45) is 0 Å². The van der Waals surface area contributed by atoms with Gasteiger partial charge in [0.15, 0.2) is 0 Å². The number of nitrogens with one attached hydrogen (secondary N) is 1. The predicted octanol–water partition coefficient (Wildman–Crippen LogP) is 2.64. The van der Waals surface area contributed by atoms with Crippen LogP contribution in [0.1, 0.15) is 18.4 Å². The predicted molar refractivity (Wildman–Crippen MR) is 72.0 cm³/mol. The van der Waals surface area contributed by atoms with Crippen molar-refractivity contribution in [3.05, 3.63) is 28.8 Å². The Morgan fingerprint density at radius 2 is 2.39 bits per heavy atom. The molecule has 1 heterocycles. The summed E-state index contributed by atoms with van der Waals surface area (Å²) in [5.74, 6) is 0. The van der Waals surface area contributed by atoms with E-state index in [0.29, 0.717) is 11.6 Å². The Hall–Kier alpha value is -1.26. The molecule has 1 aromatic rings. The molecule has 18 heavy (non-hydrogen) atoms. The third-order valence-electron chi connectivity index (χ3n) is 3.29. The lowest BCUT2D eigenvalue weighted by molar-refractivity contribution is 0.166. The smallest absolute Gasteiger partial charge is 0.322 e. The maximum atomic E-state index is 12.1. The second kappa shape index (κ2) is 5.59. The zero-order chi connectivity index (χ0) is 13.1. The lowest BCUT2D eigenvalue weighted by Gasteiger charge is -2.23. The topological polar surface area (TPSA) is 52.6 Å². The van der Waals surface area contributed by atoms with Crippen LogP contribution in [0, 0.1) is 6.92 Å². The third kappa shape index (κ3) is 2.76. The summed E-state index contributed by atoms with van der Waals surface area (Å²) in [7, 11) is 0. The molecule has 0 saturated carbocycles. The summed E-state index contributed by atoms with van der Waals surface area (Å²) in [6, 6.07) is 5.16. The van der Waals surface area contributed by atoms with E-state index in [1.54, 1.807) is 17.0 Å². The first-order chi connectivity index (χ1) is 8.61. The number of rotatable bonds is 2. The normalized spacial score (nSPS) is 19.1. The lowest BCUT2D eigenvalue weighted by atomic mass is 10.2. The van der Waals surface area contributed by atoms with Crippen molar-refractivity contribution < 1.29 is 9.90 Å². The summed E-state index contributed by atoms with van der Waals surface area (Å²) in [5.41, 5.74) is 1.68. The highest BCUT2D eigenvalue weighted by Crippen LogP contribution is 2.22. The van der Waals surface area contributed by atoms with Crippen LogP contribution >= 0.6 is 11.6 Å². The molecule has 2 amide bonds. The Morgan fingerprint density at radius 3 is 3.11 bits per heavy atom. The molecule has 0 spiro atoms. The molecule has 1 saturated heterocycles. The molecule has 2 rings (SSSR count). The van der Waals surface area contributed by atoms with Crippen LogP contribution in [0.15, 0.2) is 18.2 Å². The average Bonchev–Trinajstić information content (AvgIpc) is 2.82. The molecule has 1 aromatic carbocycles. The van der Waals surface area contributed by atoms with Gasteiger partial charge in [-0.05, 0) is 37.5 Å². The van der Waals surface area contributed by atoms with Gasteiger partial charge >= 0.3 is 6.03 Å². The number of benzene rings is 1. The highest BCUT2D eigenvalue weighted by atomic mass is 35.5. The number of carbonyl (C=O) groups excluding carboxylic acids is 1. The summed E-state index contributed by atoms with van der Waals surface area (Å²) in [6.07, 6.45) is 1.80. The third-order valence-corrected chi connectivity index (χ3v) is 3.53. The van der Waals surface area contributed by atoms with E-state index in [4.69, 9.17) is 11.6 Å². The number of likely N-dealkylation sites (tertiary alicyclic amines) is 1. The van der Waals surface area contributed by atoms with Crippen LogP contribution in [0.5, 0.6) is 0 Å². The number of anilines is 1. The molecule has 0 radical (unpaired) electrons. The molecule has 5 heteroatoms. The molecule has 2 N–H and O–H groups in total. The van der Waals surface area contributed by atoms with Crippen LogP contribution in [0.4, 0.5) is 10.5 Å². The molecular weight excluding hydrogens is 252 g/mol. The van der Waals surface area contributed by atoms with Gasteiger partial charge in [0.2, 0.25) is 0 Å². The molecule has 1 fully saturated rings. The second-order valence-electron chi connectivity index (χ2n) is 4.56. The first kappa shape index (κ1) is 13.2. The van der Waals surface area contributed by atoms with E-state index >= 15 is 0 Å². The molecule has 0 bridgehead atoms. The first-order valence-electron chi connectivity index (χ1n) is 6.06. The van der Waals surface area contributed by atoms with Gasteiger partial charge in [0, 0.05) is 17.3 Å². The van der Waals surface area contributed by atoms with Crippen LogP contribution in [0.3, 0.4) is 0 Å². The summed E-state index contributed by atoms with van der Waals surface area (Å²) in [4.78, 5) is 13.8. The fourth-order valence-corrected chi connectivity index (χ4v) is 2.38. The molecule has 0 unspecified atom stereocenters. The van der Waals surface area contributed by atoms with Gasteiger partial charge in [-0.25, -0.2) is 4.79 Å². The molecule has 1 aliphatic rings. The van der Waals surface area contributed by atoms with Crippen molar-refractivity contribution in [2.75, 3.05) is 18.5 Å². The van der Waals surface area contributed by atoms with Crippen molar-refractivity contribution in [1.82, 2.24) is 4.90 Å². The van der Waals surface area contributed by atoms with E-state index in [-0.39, 0.29) is 18.7 Å². The van der Waals surface area contributed by atoms with E-state index in [1.807, 2.05) is 13.0 Å². The van der Waals surface area contributed by atoms with Crippen molar-refractivity contribution in [2.45, 2.75) is 25.8 Å². The lowest BCUT2D eigenvalue weighted by Crippen LogP contribution is -2.40. The van der Waals surface area contributed by atoms with E-state index in [1.165, 1.54) is 0 Å². The number of carbonyl (C=O) groups is 1. The zero-order valence-electron chi connectivity index (χ0n) is 10.3. The molecule has 0 aliphatic carbocycles. The number of aliphatic hydroxyl groups is 1. The summed E-state index contributed by atoms with van der Waals surface area (Å²) < 4.78 is 0. The fraction of sp³-hybridized carbons (Fsp3) is 0.462. The Morgan fingerprint density at radius 1 is 1.61 bits per heavy atom. The standard InChI is InChI=1S/C13H17ClN2O2/c1-9-4-5-10(14)7-12(9)15-13(18)16-6-2-3-11(16)8-17/h4-5,7,11,17H,2-3,6,8H2,1H3,(H,15,18)/t11-/m0/s1. The van der Waals surface area contributed by atoms with E-state index in [2.05, 4.69) is 5.32 Å². The van der Waals surface area contributed by atoms with Crippen LogP contribution in [0.25, 0.3) is 0 Å². The number of halogens is 1. The minimum Gasteiger partial charge on any atom is -0.394 e. The van der Waals surface area contributed by atoms with Crippen molar-refractivity contribution in [3.8, 4) is 0 Å². The van der Waals surface area contributed by atoms with E-state index in [9.17, 15) is 9.90 Å². The number of aryl methyl sites for hydroxylation is 1. The van der Waals surface area contributed by atoms with Gasteiger partial charge < -0.3 is 15.3 Å². The number of hydrogen-bond donors (Lipinski definition) is 2. The van der Waals surface area contributed by atoms with Gasteiger partial charge in [-0.2, -0.15) is 0 Å². The minimum absolute atomic E-state index is 0.0158. The zero-order valence-corrected chi connectivity index (χ0v) is 11.1. The highest BCUT2D eigenvalue weighted by Gasteiger charge is 2.28. The van der Waals surface area contributed by atoms with Crippen molar-refractivity contribution in [3.63, 3.8) is 0 Å². The van der Waals surface area contributed by atoms with Crippen LogP contribution < -0.4 is 5.32 Å². The van der Waals surface area contributed by atoms with Crippen LogP contribution in [0.2, 0.25) is 5.02 Å². The van der Waals surface area contributed by atoms with Gasteiger partial charge in [-0.1, -0.05) is 17.7 Å². The van der Waals surface area contributed by atoms with Crippen LogP contribution in [-0.2, 0) is 0 Å².